The van der Waals surface area contributed by atoms with Gasteiger partial charge < -0.3 is 0 Å². The maximum atomic E-state index is 13.5. The van der Waals surface area contributed by atoms with Gasteiger partial charge in [0.25, 0.3) is 0 Å². The standard InChI is InChI=1S/C23H34F2/c1-3-4-16(2)17-5-7-18(8-6-17)19-9-11-20(12-10-19)21-13-14-22(24)23(25)15-21/h13-20H,3-12H2,1-2H3. The van der Waals surface area contributed by atoms with Gasteiger partial charge in [0.1, 0.15) is 0 Å². The van der Waals surface area contributed by atoms with E-state index in [-0.39, 0.29) is 0 Å². The summed E-state index contributed by atoms with van der Waals surface area (Å²) in [5.41, 5.74) is 0.995. The molecule has 2 aliphatic rings. The van der Waals surface area contributed by atoms with Crippen LogP contribution in [0.15, 0.2) is 18.2 Å². The molecule has 0 spiro atoms. The third-order valence-corrected chi connectivity index (χ3v) is 7.22. The first-order valence-electron chi connectivity index (χ1n) is 10.5. The van der Waals surface area contributed by atoms with Crippen LogP contribution in [0.1, 0.15) is 89.5 Å². The number of benzene rings is 1. The Kier molecular flexibility index (Phi) is 6.52. The molecule has 1 aromatic rings. The Labute approximate surface area is 152 Å². The van der Waals surface area contributed by atoms with Crippen LogP contribution in [0.4, 0.5) is 8.78 Å². The third kappa shape index (κ3) is 4.63. The van der Waals surface area contributed by atoms with Crippen LogP contribution in [0.3, 0.4) is 0 Å². The highest BCUT2D eigenvalue weighted by Crippen LogP contribution is 2.45. The summed E-state index contributed by atoms with van der Waals surface area (Å²) in [6.45, 7) is 4.75. The molecule has 0 heterocycles. The predicted octanol–water partition coefficient (Wildman–Crippen LogP) is 7.48. The largest absolute Gasteiger partial charge is 0.204 e. The van der Waals surface area contributed by atoms with Gasteiger partial charge in [0.2, 0.25) is 0 Å². The summed E-state index contributed by atoms with van der Waals surface area (Å²) in [5.74, 6) is 2.63. The SMILES string of the molecule is CCCC(C)C1CCC(C2CCC(c3ccc(F)c(F)c3)CC2)CC1. The molecule has 0 amide bonds. The van der Waals surface area contributed by atoms with E-state index in [2.05, 4.69) is 13.8 Å². The van der Waals surface area contributed by atoms with E-state index >= 15 is 0 Å². The molecule has 0 nitrogen and oxygen atoms in total. The van der Waals surface area contributed by atoms with Gasteiger partial charge in [-0.3, -0.25) is 0 Å². The highest BCUT2D eigenvalue weighted by Gasteiger charge is 2.32. The molecule has 1 unspecified atom stereocenters. The van der Waals surface area contributed by atoms with Crippen molar-refractivity contribution in [2.75, 3.05) is 0 Å². The Hall–Kier alpha value is -0.920. The maximum Gasteiger partial charge on any atom is 0.159 e. The summed E-state index contributed by atoms with van der Waals surface area (Å²) >= 11 is 0. The monoisotopic (exact) mass is 348 g/mol. The summed E-state index contributed by atoms with van der Waals surface area (Å²) in [6, 6.07) is 4.49. The van der Waals surface area contributed by atoms with Crippen molar-refractivity contribution in [2.24, 2.45) is 23.7 Å². The van der Waals surface area contributed by atoms with Crippen LogP contribution < -0.4 is 0 Å². The Balaban J connectivity index is 1.47. The molecule has 3 rings (SSSR count). The molecule has 25 heavy (non-hydrogen) atoms. The van der Waals surface area contributed by atoms with Gasteiger partial charge in [-0.1, -0.05) is 32.8 Å². The minimum Gasteiger partial charge on any atom is -0.204 e. The number of hydrogen-bond donors (Lipinski definition) is 0. The fourth-order valence-electron chi connectivity index (χ4n) is 5.57. The van der Waals surface area contributed by atoms with Gasteiger partial charge in [-0.15, -0.1) is 0 Å². The van der Waals surface area contributed by atoms with Gasteiger partial charge in [0.05, 0.1) is 0 Å². The van der Waals surface area contributed by atoms with Crippen molar-refractivity contribution in [3.63, 3.8) is 0 Å². The molecule has 2 aliphatic carbocycles. The van der Waals surface area contributed by atoms with E-state index < -0.39 is 11.6 Å². The zero-order valence-corrected chi connectivity index (χ0v) is 15.9. The molecule has 140 valence electrons. The molecular formula is C23H34F2. The first kappa shape index (κ1) is 18.9. The highest BCUT2D eigenvalue weighted by atomic mass is 19.2. The quantitative estimate of drug-likeness (QED) is 0.517. The fraction of sp³-hybridized carbons (Fsp3) is 0.739. The third-order valence-electron chi connectivity index (χ3n) is 7.22. The topological polar surface area (TPSA) is 0 Å². The molecule has 0 radical (unpaired) electrons. The van der Waals surface area contributed by atoms with E-state index in [1.807, 2.05) is 0 Å². The van der Waals surface area contributed by atoms with Gasteiger partial charge in [0, 0.05) is 0 Å². The lowest BCUT2D eigenvalue weighted by Gasteiger charge is -2.39. The molecule has 1 aromatic carbocycles. The predicted molar refractivity (Wildman–Crippen MR) is 101 cm³/mol. The van der Waals surface area contributed by atoms with E-state index in [4.69, 9.17) is 0 Å². The smallest absolute Gasteiger partial charge is 0.159 e. The van der Waals surface area contributed by atoms with Crippen molar-refractivity contribution in [3.8, 4) is 0 Å². The molecular weight excluding hydrogens is 314 g/mol. The maximum absolute atomic E-state index is 13.5. The van der Waals surface area contributed by atoms with Gasteiger partial charge in [0.15, 0.2) is 11.6 Å². The first-order valence-corrected chi connectivity index (χ1v) is 10.5. The summed E-state index contributed by atoms with van der Waals surface area (Å²) in [6.07, 6.45) is 13.2. The van der Waals surface area contributed by atoms with Crippen molar-refractivity contribution < 1.29 is 8.78 Å². The zero-order valence-electron chi connectivity index (χ0n) is 15.9. The number of halogens is 2. The Morgan fingerprint density at radius 2 is 1.48 bits per heavy atom. The molecule has 0 aliphatic heterocycles. The zero-order chi connectivity index (χ0) is 17.8. The van der Waals surface area contributed by atoms with Crippen LogP contribution in [0.2, 0.25) is 0 Å². The fourth-order valence-corrected chi connectivity index (χ4v) is 5.57. The van der Waals surface area contributed by atoms with Crippen molar-refractivity contribution in [1.82, 2.24) is 0 Å². The normalized spacial score (nSPS) is 31.7. The number of rotatable bonds is 5. The average molecular weight is 349 g/mol. The molecule has 0 saturated heterocycles. The minimum absolute atomic E-state index is 0.423. The van der Waals surface area contributed by atoms with Gasteiger partial charge in [-0.2, -0.15) is 0 Å². The van der Waals surface area contributed by atoms with E-state index in [1.165, 1.54) is 63.5 Å². The van der Waals surface area contributed by atoms with Gasteiger partial charge >= 0.3 is 0 Å². The van der Waals surface area contributed by atoms with Crippen LogP contribution >= 0.6 is 0 Å². The lowest BCUT2D eigenvalue weighted by molar-refractivity contribution is 0.136. The van der Waals surface area contributed by atoms with Crippen molar-refractivity contribution >= 4 is 0 Å². The Bertz CT molecular complexity index is 537. The number of hydrogen-bond acceptors (Lipinski definition) is 0. The lowest BCUT2D eigenvalue weighted by atomic mass is 9.66. The van der Waals surface area contributed by atoms with E-state index in [0.29, 0.717) is 5.92 Å². The van der Waals surface area contributed by atoms with Crippen LogP contribution in [0.25, 0.3) is 0 Å². The molecule has 0 bridgehead atoms. The molecule has 0 N–H and O–H groups in total. The van der Waals surface area contributed by atoms with Gasteiger partial charge in [-0.05, 0) is 98.7 Å². The van der Waals surface area contributed by atoms with Crippen LogP contribution in [-0.4, -0.2) is 0 Å². The molecule has 1 atom stereocenters. The minimum atomic E-state index is -0.730. The molecule has 2 saturated carbocycles. The van der Waals surface area contributed by atoms with Crippen molar-refractivity contribution in [2.45, 2.75) is 84.0 Å². The van der Waals surface area contributed by atoms with Crippen LogP contribution in [-0.2, 0) is 0 Å². The summed E-state index contributed by atoms with van der Waals surface area (Å²) < 4.78 is 26.6. The molecule has 2 heteroatoms. The highest BCUT2D eigenvalue weighted by molar-refractivity contribution is 5.22. The Morgan fingerprint density at radius 3 is 2.04 bits per heavy atom. The molecule has 0 aromatic heterocycles. The summed E-state index contributed by atoms with van der Waals surface area (Å²) in [5, 5.41) is 0. The van der Waals surface area contributed by atoms with Gasteiger partial charge in [-0.25, -0.2) is 8.78 Å². The second-order valence-electron chi connectivity index (χ2n) is 8.73. The van der Waals surface area contributed by atoms with Crippen LogP contribution in [0.5, 0.6) is 0 Å². The van der Waals surface area contributed by atoms with E-state index in [0.717, 1.165) is 42.1 Å². The van der Waals surface area contributed by atoms with Crippen LogP contribution in [0, 0.1) is 35.3 Å². The first-order chi connectivity index (χ1) is 12.1. The van der Waals surface area contributed by atoms with E-state index in [9.17, 15) is 8.78 Å². The van der Waals surface area contributed by atoms with Crippen molar-refractivity contribution in [3.05, 3.63) is 35.4 Å². The summed E-state index contributed by atoms with van der Waals surface area (Å²) in [4.78, 5) is 0. The van der Waals surface area contributed by atoms with E-state index in [1.54, 1.807) is 6.07 Å². The second-order valence-corrected chi connectivity index (χ2v) is 8.73. The Morgan fingerprint density at radius 1 is 0.880 bits per heavy atom. The summed E-state index contributed by atoms with van der Waals surface area (Å²) in [7, 11) is 0. The lowest BCUT2D eigenvalue weighted by Crippen LogP contribution is -2.27. The average Bonchev–Trinajstić information content (AvgIpc) is 2.64. The second kappa shape index (κ2) is 8.64. The van der Waals surface area contributed by atoms with Crippen molar-refractivity contribution in [1.29, 1.82) is 0 Å². The molecule has 2 fully saturated rings.